The van der Waals surface area contributed by atoms with Crippen molar-refractivity contribution in [2.75, 3.05) is 26.4 Å². The van der Waals surface area contributed by atoms with E-state index in [2.05, 4.69) is 39.8 Å². The predicted molar refractivity (Wildman–Crippen MR) is 285 cm³/mol. The molecule has 3 heterocycles. The first kappa shape index (κ1) is 59.6. The highest BCUT2D eigenvalue weighted by molar-refractivity contribution is 7.98. The summed E-state index contributed by atoms with van der Waals surface area (Å²) in [6.07, 6.45) is -5.63. The number of rotatable bonds is 6. The Balaban J connectivity index is 0.000000172. The van der Waals surface area contributed by atoms with Crippen LogP contribution in [0.1, 0.15) is 161 Å². The third-order valence-corrected chi connectivity index (χ3v) is 23.8. The second kappa shape index (κ2) is 18.9. The summed E-state index contributed by atoms with van der Waals surface area (Å²) in [5.41, 5.74) is -7.16. The molecule has 0 radical (unpaired) electrons. The molecule has 2 unspecified atom stereocenters. The van der Waals surface area contributed by atoms with Crippen LogP contribution in [0.15, 0.2) is 82.3 Å². The summed E-state index contributed by atoms with van der Waals surface area (Å²) >= 11 is 1.66. The number of fused-ring (bicyclic) bond motifs is 7. The van der Waals surface area contributed by atoms with E-state index in [4.69, 9.17) is 23.7 Å². The summed E-state index contributed by atoms with van der Waals surface area (Å²) in [5.74, 6) is -13.3. The van der Waals surface area contributed by atoms with Crippen molar-refractivity contribution in [1.82, 2.24) is 0 Å². The van der Waals surface area contributed by atoms with Gasteiger partial charge >= 0.3 is 24.2 Å². The molecule has 6 saturated carbocycles. The Hall–Kier alpha value is -2.75. The van der Waals surface area contributed by atoms with Gasteiger partial charge in [0.05, 0.1) is 32.0 Å². The van der Waals surface area contributed by atoms with Gasteiger partial charge in [-0.25, -0.2) is 0 Å². The highest BCUT2D eigenvalue weighted by Gasteiger charge is 2.83. The fourth-order valence-corrected chi connectivity index (χ4v) is 19.0. The van der Waals surface area contributed by atoms with Crippen molar-refractivity contribution in [3.63, 3.8) is 0 Å². The number of aliphatic hydroxyl groups is 3. The van der Waals surface area contributed by atoms with Crippen molar-refractivity contribution in [3.05, 3.63) is 88.5 Å². The number of hydrogen-bond donors (Lipinski definition) is 3. The van der Waals surface area contributed by atoms with Crippen LogP contribution >= 0.6 is 11.8 Å². The lowest BCUT2D eigenvalue weighted by atomic mass is 9.49. The molecule has 0 amide bonds. The molecule has 3 aliphatic heterocycles. The molecule has 454 valence electrons. The van der Waals surface area contributed by atoms with E-state index < -0.39 is 105 Å². The SMILES string of the molecule is CC1(C)COC2(CCC3=C4C(CC[C@@]3(O)C2)C2CC[C@@](O)(C(F)(F)C(F)(F)F)[C@@]2(C)C[C@@H]4c2ccc(SCc3ccccc3)cc2)OC1.CC1(C)COC2(CC[C@]34O[C@]3(CC[C@@H]3C4=CC[C@@]4(C)[C@H]3CC[C@@]4(O)C(F)(F)C(F)(F)F)C2)OC1. The number of benzene rings is 2. The molecule has 2 aromatic carbocycles. The van der Waals surface area contributed by atoms with E-state index in [1.165, 1.54) is 19.4 Å². The zero-order chi connectivity index (χ0) is 59.0. The lowest BCUT2D eigenvalue weighted by Crippen LogP contribution is -2.65. The first-order valence-corrected chi connectivity index (χ1v) is 30.5. The molecule has 8 aliphatic carbocycles. The normalized spacial score (nSPS) is 41.4. The zero-order valence-electron chi connectivity index (χ0n) is 47.6. The van der Waals surface area contributed by atoms with E-state index >= 15 is 8.78 Å². The summed E-state index contributed by atoms with van der Waals surface area (Å²) in [6.45, 7) is 13.4. The van der Waals surface area contributed by atoms with Gasteiger partial charge in [0.2, 0.25) is 0 Å². The third-order valence-electron chi connectivity index (χ3n) is 22.8. The van der Waals surface area contributed by atoms with E-state index in [9.17, 15) is 50.4 Å². The van der Waals surface area contributed by atoms with Crippen molar-refractivity contribution < 1.29 is 82.9 Å². The summed E-state index contributed by atoms with van der Waals surface area (Å²) < 4.78 is 174. The summed E-state index contributed by atoms with van der Waals surface area (Å²) in [4.78, 5) is 1.01. The van der Waals surface area contributed by atoms with Gasteiger partial charge in [0.15, 0.2) is 11.6 Å². The van der Waals surface area contributed by atoms with Crippen molar-refractivity contribution >= 4 is 11.8 Å². The Bertz CT molecular complexity index is 2860. The van der Waals surface area contributed by atoms with Gasteiger partial charge in [0, 0.05) is 63.9 Å². The van der Waals surface area contributed by atoms with Gasteiger partial charge in [-0.2, -0.15) is 43.9 Å². The first-order valence-electron chi connectivity index (χ1n) is 29.5. The molecule has 2 aromatic rings. The van der Waals surface area contributed by atoms with Gasteiger partial charge in [0.1, 0.15) is 22.4 Å². The van der Waals surface area contributed by atoms with Crippen molar-refractivity contribution in [1.29, 1.82) is 0 Å². The fourth-order valence-electron chi connectivity index (χ4n) is 18.2. The number of hydrogen-bond acceptors (Lipinski definition) is 9. The standard InChI is InChI=1S/C38H45F5O4S.C25H33F5O4/c1-32(2)22-46-35(47-23-32)17-14-30-31-27(13-16-34(30,44)21-35)29-15-18-36(45,37(39,40)38(41,42)43)33(29,3)19-28(31)25-9-11-26(12-10-25)48-20-24-7-5-4-6-8-24;1-18(2)13-32-21(33-14-18)10-11-22-17-5-7-19(3)16(15(17)4-8-20(22,12-21)34-22)6-9-23(19,31)24(26,27)25(28,29)30/h4-12,27-29,44-45H,13-23H2,1-3H3;5,15-16,31H,4,6-14H2,1-3H3/t27?,28-,29?,33+,34-,36+;15-,16-,19-,20+,22+,23-/m10/s1. The quantitative estimate of drug-likeness (QED) is 0.113. The van der Waals surface area contributed by atoms with Gasteiger partial charge in [-0.3, -0.25) is 0 Å². The second-order valence-electron chi connectivity index (χ2n) is 28.8. The average molecular weight is 1190 g/mol. The van der Waals surface area contributed by atoms with Gasteiger partial charge in [-0.1, -0.05) is 95.7 Å². The Kier molecular flexibility index (Phi) is 13.7. The molecule has 9 fully saturated rings. The average Bonchev–Trinajstić information content (AvgIpc) is 2.38. The maximum absolute atomic E-state index is 15.4. The number of halogens is 10. The molecule has 0 aromatic heterocycles. The monoisotopic (exact) mass is 1180 g/mol. The fraction of sp³-hybridized carbons (Fsp3) is 0.746. The topological polar surface area (TPSA) is 110 Å². The largest absolute Gasteiger partial charge is 0.456 e. The Labute approximate surface area is 477 Å². The molecular weight excluding hydrogens is 1110 g/mol. The lowest BCUT2D eigenvalue weighted by Gasteiger charge is -2.59. The Morgan fingerprint density at radius 3 is 1.68 bits per heavy atom. The highest BCUT2D eigenvalue weighted by Crippen LogP contribution is 2.76. The minimum atomic E-state index is -5.88. The zero-order valence-corrected chi connectivity index (χ0v) is 48.4. The maximum atomic E-state index is 15.4. The van der Waals surface area contributed by atoms with Gasteiger partial charge in [-0.05, 0) is 135 Å². The minimum Gasteiger partial charge on any atom is -0.385 e. The molecule has 12 atom stereocenters. The molecular formula is C63H78F10O8S. The van der Waals surface area contributed by atoms with Crippen LogP contribution in [0.2, 0.25) is 0 Å². The lowest BCUT2D eigenvalue weighted by molar-refractivity contribution is -0.362. The van der Waals surface area contributed by atoms with Crippen molar-refractivity contribution in [3.8, 4) is 0 Å². The smallest absolute Gasteiger partial charge is 0.385 e. The van der Waals surface area contributed by atoms with Crippen molar-refractivity contribution in [2.45, 2.75) is 225 Å². The van der Waals surface area contributed by atoms with Crippen LogP contribution in [0.5, 0.6) is 0 Å². The molecule has 3 saturated heterocycles. The number of epoxide rings is 1. The van der Waals surface area contributed by atoms with Crippen molar-refractivity contribution in [2.24, 2.45) is 45.3 Å². The Morgan fingerprint density at radius 2 is 1.11 bits per heavy atom. The Morgan fingerprint density at radius 1 is 0.573 bits per heavy atom. The van der Waals surface area contributed by atoms with E-state index in [1.807, 2.05) is 48.5 Å². The minimum absolute atomic E-state index is 0.0147. The van der Waals surface area contributed by atoms with Crippen LogP contribution in [0, 0.1) is 45.3 Å². The van der Waals surface area contributed by atoms with Crippen LogP contribution < -0.4 is 0 Å². The van der Waals surface area contributed by atoms with E-state index in [0.717, 1.165) is 32.9 Å². The third kappa shape index (κ3) is 8.70. The van der Waals surface area contributed by atoms with Crippen LogP contribution in [-0.4, -0.2) is 106 Å². The van der Waals surface area contributed by atoms with Crippen LogP contribution in [0.4, 0.5) is 43.9 Å². The predicted octanol–water partition coefficient (Wildman–Crippen LogP) is 14.7. The van der Waals surface area contributed by atoms with E-state index in [1.54, 1.807) is 11.8 Å². The van der Waals surface area contributed by atoms with E-state index in [0.29, 0.717) is 84.2 Å². The van der Waals surface area contributed by atoms with Crippen LogP contribution in [-0.2, 0) is 29.4 Å². The number of thioether (sulfide) groups is 1. The molecule has 19 heteroatoms. The van der Waals surface area contributed by atoms with Gasteiger partial charge < -0.3 is 39.0 Å². The first-order chi connectivity index (χ1) is 38.0. The highest BCUT2D eigenvalue weighted by atomic mass is 32.2. The summed E-state index contributed by atoms with van der Waals surface area (Å²) in [5, 5.41) is 34.9. The second-order valence-corrected chi connectivity index (χ2v) is 29.8. The maximum Gasteiger partial charge on any atom is 0.456 e. The molecule has 2 spiro atoms. The molecule has 3 N–H and O–H groups in total. The number of alkyl halides is 10. The summed E-state index contributed by atoms with van der Waals surface area (Å²) in [6, 6.07) is 17.9. The molecule has 8 nitrogen and oxygen atoms in total. The number of allylic oxidation sites excluding steroid dienone is 2. The van der Waals surface area contributed by atoms with Gasteiger partial charge in [0.25, 0.3) is 0 Å². The molecule has 0 bridgehead atoms. The summed E-state index contributed by atoms with van der Waals surface area (Å²) in [7, 11) is 0. The molecule has 11 aliphatic rings. The van der Waals surface area contributed by atoms with Gasteiger partial charge in [-0.15, -0.1) is 11.8 Å². The molecule has 13 rings (SSSR count). The number of ether oxygens (including phenoxy) is 5. The van der Waals surface area contributed by atoms with Crippen LogP contribution in [0.25, 0.3) is 0 Å². The van der Waals surface area contributed by atoms with Crippen LogP contribution in [0.3, 0.4) is 0 Å². The molecule has 82 heavy (non-hydrogen) atoms. The van der Waals surface area contributed by atoms with E-state index in [-0.39, 0.29) is 54.8 Å².